The number of ether oxygens (including phenoxy) is 2. The molecule has 7 rings (SSSR count). The number of hydrogen-bond acceptors (Lipinski definition) is 7. The van der Waals surface area contributed by atoms with Gasteiger partial charge in [-0.15, -0.1) is 0 Å². The number of piperidine rings is 2. The number of amides is 2. The fourth-order valence-electron chi connectivity index (χ4n) is 6.60. The Hall–Kier alpha value is -4.76. The number of fused-ring (bicyclic) bond motifs is 2. The van der Waals surface area contributed by atoms with E-state index in [2.05, 4.69) is 34.5 Å². The molecule has 0 spiro atoms. The molecule has 0 radical (unpaired) electrons. The molecule has 3 aromatic carbocycles. The zero-order chi connectivity index (χ0) is 32.3. The average molecular weight is 654 g/mol. The molecule has 3 aliphatic heterocycles. The first kappa shape index (κ1) is 30.9. The molecule has 3 aliphatic rings. The number of anilines is 1. The fraction of sp³-hybridized carbons (Fsp3) is 0.324. The van der Waals surface area contributed by atoms with Crippen LogP contribution in [0.25, 0.3) is 11.0 Å². The molecule has 0 saturated carbocycles. The highest BCUT2D eigenvalue weighted by Crippen LogP contribution is 2.35. The standard InChI is InChI=1S/C37H36ClN3O6/c38-27-10-8-24(9-11-27)17-28(39-37(44)35-20-31(42)29-19-33-34(46-23-45-33)21-32(29)47-35)18-25-12-15-40(16-13-25)30-6-2-1-5-26(30)22-41-14-4-3-7-36(41)43/h1-2,5-6,8-11,18-21,28H,3-4,7,12-17,22-23H2,(H,39,44)/t28-/m0/s1. The van der Waals surface area contributed by atoms with Crippen LogP contribution in [0.4, 0.5) is 5.69 Å². The molecule has 4 heterocycles. The third-order valence-corrected chi connectivity index (χ3v) is 9.34. The first-order chi connectivity index (χ1) is 22.9. The minimum Gasteiger partial charge on any atom is -0.454 e. The van der Waals surface area contributed by atoms with Crippen molar-refractivity contribution in [2.45, 2.75) is 51.1 Å². The number of benzene rings is 3. The summed E-state index contributed by atoms with van der Waals surface area (Å²) in [5.74, 6) is 0.634. The highest BCUT2D eigenvalue weighted by atomic mass is 35.5. The monoisotopic (exact) mass is 653 g/mol. The summed E-state index contributed by atoms with van der Waals surface area (Å²) in [5, 5.41) is 4.06. The molecule has 10 heteroatoms. The normalized spacial score (nSPS) is 16.8. The van der Waals surface area contributed by atoms with Crippen LogP contribution >= 0.6 is 11.6 Å². The lowest BCUT2D eigenvalue weighted by molar-refractivity contribution is -0.133. The van der Waals surface area contributed by atoms with E-state index >= 15 is 0 Å². The molecular weight excluding hydrogens is 618 g/mol. The van der Waals surface area contributed by atoms with Gasteiger partial charge < -0.3 is 29.0 Å². The van der Waals surface area contributed by atoms with Gasteiger partial charge in [-0.1, -0.05) is 53.6 Å². The molecule has 1 N–H and O–H groups in total. The zero-order valence-electron chi connectivity index (χ0n) is 26.0. The second-order valence-corrected chi connectivity index (χ2v) is 12.7. The summed E-state index contributed by atoms with van der Waals surface area (Å²) in [6.45, 7) is 3.17. The maximum Gasteiger partial charge on any atom is 0.287 e. The van der Waals surface area contributed by atoms with E-state index in [0.717, 1.165) is 50.9 Å². The largest absolute Gasteiger partial charge is 0.454 e. The quantitative estimate of drug-likeness (QED) is 0.224. The lowest BCUT2D eigenvalue weighted by Crippen LogP contribution is -2.37. The van der Waals surface area contributed by atoms with Gasteiger partial charge in [-0.2, -0.15) is 0 Å². The Morgan fingerprint density at radius 1 is 0.915 bits per heavy atom. The van der Waals surface area contributed by atoms with Crippen molar-refractivity contribution < 1.29 is 23.5 Å². The number of hydrogen-bond donors (Lipinski definition) is 1. The van der Waals surface area contributed by atoms with Gasteiger partial charge in [0, 0.05) is 55.4 Å². The van der Waals surface area contributed by atoms with E-state index in [1.807, 2.05) is 35.2 Å². The van der Waals surface area contributed by atoms with Crippen LogP contribution in [0.2, 0.25) is 5.02 Å². The SMILES string of the molecule is O=C(N[C@H](C=C1CCN(c2ccccc2CN2CCCCC2=O)CC1)Cc1ccc(Cl)cc1)c1cc(=O)c2cc3c(cc2o1)OCO3. The molecule has 0 unspecified atom stereocenters. The van der Waals surface area contributed by atoms with Gasteiger partial charge in [-0.3, -0.25) is 14.4 Å². The molecule has 1 aromatic heterocycles. The average Bonchev–Trinajstić information content (AvgIpc) is 3.54. The van der Waals surface area contributed by atoms with Crippen molar-refractivity contribution in [1.29, 1.82) is 0 Å². The van der Waals surface area contributed by atoms with Crippen LogP contribution in [0.15, 0.2) is 87.6 Å². The van der Waals surface area contributed by atoms with Crippen LogP contribution in [-0.2, 0) is 17.8 Å². The number of rotatable bonds is 8. The lowest BCUT2D eigenvalue weighted by Gasteiger charge is -2.34. The summed E-state index contributed by atoms with van der Waals surface area (Å²) in [6, 6.07) is 20.0. The molecule has 242 valence electrons. The molecular formula is C37H36ClN3O6. The number of nitrogens with zero attached hydrogens (tertiary/aromatic N) is 2. The summed E-state index contributed by atoms with van der Waals surface area (Å²) in [4.78, 5) is 43.4. The molecule has 2 saturated heterocycles. The van der Waals surface area contributed by atoms with E-state index in [1.165, 1.54) is 22.9 Å². The van der Waals surface area contributed by atoms with E-state index < -0.39 is 5.91 Å². The Kier molecular flexibility index (Phi) is 8.89. The highest BCUT2D eigenvalue weighted by molar-refractivity contribution is 6.30. The van der Waals surface area contributed by atoms with Crippen molar-refractivity contribution in [2.24, 2.45) is 0 Å². The minimum absolute atomic E-state index is 0.0676. The van der Waals surface area contributed by atoms with Gasteiger partial charge in [0.25, 0.3) is 5.91 Å². The molecule has 0 bridgehead atoms. The number of likely N-dealkylation sites (tertiary alicyclic amines) is 1. The topological polar surface area (TPSA) is 101 Å². The maximum atomic E-state index is 13.5. The van der Waals surface area contributed by atoms with Crippen LogP contribution in [0.3, 0.4) is 0 Å². The number of nitrogens with one attached hydrogen (secondary N) is 1. The first-order valence-corrected chi connectivity index (χ1v) is 16.5. The summed E-state index contributed by atoms with van der Waals surface area (Å²) < 4.78 is 16.7. The molecule has 2 amide bonds. The van der Waals surface area contributed by atoms with Gasteiger partial charge >= 0.3 is 0 Å². The van der Waals surface area contributed by atoms with Crippen LogP contribution < -0.4 is 25.1 Å². The van der Waals surface area contributed by atoms with Gasteiger partial charge in [-0.25, -0.2) is 0 Å². The van der Waals surface area contributed by atoms with E-state index in [1.54, 1.807) is 12.1 Å². The van der Waals surface area contributed by atoms with Crippen molar-refractivity contribution in [3.8, 4) is 11.5 Å². The molecule has 1 atom stereocenters. The van der Waals surface area contributed by atoms with E-state index in [0.29, 0.717) is 41.3 Å². The number of para-hydroxylation sites is 1. The Bertz CT molecular complexity index is 1890. The predicted molar refractivity (Wildman–Crippen MR) is 180 cm³/mol. The Morgan fingerprint density at radius 3 is 2.47 bits per heavy atom. The third kappa shape index (κ3) is 7.00. The molecule has 9 nitrogen and oxygen atoms in total. The van der Waals surface area contributed by atoms with Gasteiger partial charge in [0.05, 0.1) is 11.4 Å². The van der Waals surface area contributed by atoms with Crippen molar-refractivity contribution in [3.05, 3.63) is 111 Å². The lowest BCUT2D eigenvalue weighted by atomic mass is 9.97. The Morgan fingerprint density at radius 2 is 1.68 bits per heavy atom. The first-order valence-electron chi connectivity index (χ1n) is 16.1. The predicted octanol–water partition coefficient (Wildman–Crippen LogP) is 6.26. The summed E-state index contributed by atoms with van der Waals surface area (Å²) in [6.07, 6.45) is 7.01. The summed E-state index contributed by atoms with van der Waals surface area (Å²) in [5.41, 5.74) is 4.53. The fourth-order valence-corrected chi connectivity index (χ4v) is 6.72. The molecule has 4 aromatic rings. The molecule has 0 aliphatic carbocycles. The van der Waals surface area contributed by atoms with Crippen LogP contribution in [0, 0.1) is 0 Å². The van der Waals surface area contributed by atoms with Crippen molar-refractivity contribution in [1.82, 2.24) is 10.2 Å². The zero-order valence-corrected chi connectivity index (χ0v) is 26.8. The van der Waals surface area contributed by atoms with Crippen LogP contribution in [0.5, 0.6) is 11.5 Å². The number of halogens is 1. The van der Waals surface area contributed by atoms with Crippen LogP contribution in [-0.4, -0.2) is 49.2 Å². The highest BCUT2D eigenvalue weighted by Gasteiger charge is 2.24. The minimum atomic E-state index is -0.476. The second kappa shape index (κ2) is 13.5. The smallest absolute Gasteiger partial charge is 0.287 e. The third-order valence-electron chi connectivity index (χ3n) is 9.09. The number of carbonyl (C=O) groups excluding carboxylic acids is 2. The van der Waals surface area contributed by atoms with Crippen molar-refractivity contribution >= 4 is 40.1 Å². The van der Waals surface area contributed by atoms with E-state index in [9.17, 15) is 14.4 Å². The van der Waals surface area contributed by atoms with Crippen molar-refractivity contribution in [3.63, 3.8) is 0 Å². The second-order valence-electron chi connectivity index (χ2n) is 12.3. The van der Waals surface area contributed by atoms with Crippen molar-refractivity contribution in [2.75, 3.05) is 31.3 Å². The maximum absolute atomic E-state index is 13.5. The van der Waals surface area contributed by atoms with Gasteiger partial charge in [0.1, 0.15) is 5.58 Å². The van der Waals surface area contributed by atoms with Gasteiger partial charge in [0.2, 0.25) is 12.7 Å². The molecule has 47 heavy (non-hydrogen) atoms. The Balaban J connectivity index is 1.08. The van der Waals surface area contributed by atoms with E-state index in [4.69, 9.17) is 25.5 Å². The van der Waals surface area contributed by atoms with Gasteiger partial charge in [0.15, 0.2) is 22.7 Å². The van der Waals surface area contributed by atoms with Gasteiger partial charge in [-0.05, 0) is 67.5 Å². The Labute approximate surface area is 277 Å². The summed E-state index contributed by atoms with van der Waals surface area (Å²) in [7, 11) is 0. The summed E-state index contributed by atoms with van der Waals surface area (Å²) >= 11 is 6.14. The molecule has 2 fully saturated rings. The number of carbonyl (C=O) groups is 2. The van der Waals surface area contributed by atoms with Crippen LogP contribution in [0.1, 0.15) is 53.8 Å². The van der Waals surface area contributed by atoms with E-state index in [-0.39, 0.29) is 35.5 Å².